The minimum absolute atomic E-state index is 0.0467. The van der Waals surface area contributed by atoms with Gasteiger partial charge in [-0.3, -0.25) is 4.79 Å². The van der Waals surface area contributed by atoms with Crippen LogP contribution < -0.4 is 10.1 Å². The molecule has 0 radical (unpaired) electrons. The van der Waals surface area contributed by atoms with Gasteiger partial charge < -0.3 is 10.1 Å². The van der Waals surface area contributed by atoms with Crippen molar-refractivity contribution < 1.29 is 9.53 Å². The smallest absolute Gasteiger partial charge is 0.257 e. The Balaban J connectivity index is 2.10. The molecule has 3 nitrogen and oxygen atoms in total. The fourth-order valence-corrected chi connectivity index (χ4v) is 1.99. The maximum Gasteiger partial charge on any atom is 0.257 e. The minimum Gasteiger partial charge on any atom is -0.484 e. The molecular formula is C17H19NO2. The van der Waals surface area contributed by atoms with Crippen LogP contribution in [-0.4, -0.2) is 19.1 Å². The number of hydrogen-bond acceptors (Lipinski definition) is 2. The Morgan fingerprint density at radius 3 is 2.50 bits per heavy atom. The molecule has 1 amide bonds. The highest BCUT2D eigenvalue weighted by Crippen LogP contribution is 2.24. The van der Waals surface area contributed by atoms with Gasteiger partial charge in [0.2, 0.25) is 0 Å². The van der Waals surface area contributed by atoms with Gasteiger partial charge >= 0.3 is 0 Å². The van der Waals surface area contributed by atoms with Crippen LogP contribution in [0.1, 0.15) is 12.5 Å². The molecule has 0 saturated heterocycles. The average Bonchev–Trinajstić information content (AvgIpc) is 2.46. The van der Waals surface area contributed by atoms with Gasteiger partial charge in [-0.25, -0.2) is 0 Å². The molecule has 2 rings (SSSR count). The molecule has 0 aliphatic heterocycles. The zero-order valence-corrected chi connectivity index (χ0v) is 11.8. The van der Waals surface area contributed by atoms with Gasteiger partial charge in [-0.15, -0.1) is 0 Å². The molecule has 104 valence electrons. The molecule has 1 N–H and O–H groups in total. The van der Waals surface area contributed by atoms with Gasteiger partial charge in [0.05, 0.1) is 0 Å². The first-order valence-electron chi connectivity index (χ1n) is 6.75. The summed E-state index contributed by atoms with van der Waals surface area (Å²) in [6.45, 7) is 4.62. The maximum atomic E-state index is 11.4. The number of rotatable bonds is 5. The summed E-state index contributed by atoms with van der Waals surface area (Å²) in [5.41, 5.74) is 3.45. The Kier molecular flexibility index (Phi) is 4.77. The van der Waals surface area contributed by atoms with Crippen molar-refractivity contribution in [2.24, 2.45) is 0 Å². The molecule has 3 heteroatoms. The van der Waals surface area contributed by atoms with E-state index in [1.165, 1.54) is 5.56 Å². The number of amides is 1. The number of ether oxygens (including phenoxy) is 1. The topological polar surface area (TPSA) is 38.3 Å². The molecule has 0 aliphatic rings. The third-order valence-corrected chi connectivity index (χ3v) is 2.93. The first kappa shape index (κ1) is 14.1. The van der Waals surface area contributed by atoms with Gasteiger partial charge in [-0.1, -0.05) is 42.0 Å². The SMILES string of the molecule is CCNC(=O)COc1cccc(-c2cccc(C)c2)c1. The van der Waals surface area contributed by atoms with Gasteiger partial charge in [0.25, 0.3) is 5.91 Å². The highest BCUT2D eigenvalue weighted by atomic mass is 16.5. The van der Waals surface area contributed by atoms with E-state index in [9.17, 15) is 4.79 Å². The fourth-order valence-electron chi connectivity index (χ4n) is 1.99. The Morgan fingerprint density at radius 2 is 1.80 bits per heavy atom. The zero-order chi connectivity index (χ0) is 14.4. The minimum atomic E-state index is -0.103. The predicted octanol–water partition coefficient (Wildman–Crippen LogP) is 3.18. The molecule has 2 aromatic carbocycles. The lowest BCUT2D eigenvalue weighted by molar-refractivity contribution is -0.122. The van der Waals surface area contributed by atoms with Crippen LogP contribution in [0.2, 0.25) is 0 Å². The van der Waals surface area contributed by atoms with Crippen LogP contribution in [0.15, 0.2) is 48.5 Å². The van der Waals surface area contributed by atoms with Crippen LogP contribution in [-0.2, 0) is 4.79 Å². The summed E-state index contributed by atoms with van der Waals surface area (Å²) in [7, 11) is 0. The van der Waals surface area contributed by atoms with Gasteiger partial charge in [-0.05, 0) is 37.1 Å². The molecule has 0 saturated carbocycles. The fraction of sp³-hybridized carbons (Fsp3) is 0.235. The van der Waals surface area contributed by atoms with Crippen molar-refractivity contribution in [2.45, 2.75) is 13.8 Å². The second kappa shape index (κ2) is 6.75. The number of hydrogen-bond donors (Lipinski definition) is 1. The molecule has 0 bridgehead atoms. The van der Waals surface area contributed by atoms with Gasteiger partial charge in [0.15, 0.2) is 6.61 Å². The van der Waals surface area contributed by atoms with Crippen LogP contribution in [0.3, 0.4) is 0 Å². The van der Waals surface area contributed by atoms with Crippen molar-refractivity contribution in [1.29, 1.82) is 0 Å². The third-order valence-electron chi connectivity index (χ3n) is 2.93. The van der Waals surface area contributed by atoms with Crippen LogP contribution >= 0.6 is 0 Å². The summed E-state index contributed by atoms with van der Waals surface area (Å²) in [5.74, 6) is 0.601. The monoisotopic (exact) mass is 269 g/mol. The highest BCUT2D eigenvalue weighted by Gasteiger charge is 2.03. The van der Waals surface area contributed by atoms with Crippen molar-refractivity contribution in [3.8, 4) is 16.9 Å². The third kappa shape index (κ3) is 3.85. The molecule has 20 heavy (non-hydrogen) atoms. The Bertz CT molecular complexity index is 593. The lowest BCUT2D eigenvalue weighted by atomic mass is 10.0. The highest BCUT2D eigenvalue weighted by molar-refractivity contribution is 5.77. The van der Waals surface area contributed by atoms with E-state index in [-0.39, 0.29) is 12.5 Å². The Labute approximate surface area is 119 Å². The lowest BCUT2D eigenvalue weighted by Gasteiger charge is -2.08. The standard InChI is InChI=1S/C17H19NO2/c1-3-18-17(19)12-20-16-9-5-8-15(11-16)14-7-4-6-13(2)10-14/h4-11H,3,12H2,1-2H3,(H,18,19). The number of nitrogens with one attached hydrogen (secondary N) is 1. The number of benzene rings is 2. The Hall–Kier alpha value is -2.29. The molecule has 0 fully saturated rings. The summed E-state index contributed by atoms with van der Waals surface area (Å²) in [5, 5.41) is 2.71. The van der Waals surface area contributed by atoms with E-state index in [4.69, 9.17) is 4.74 Å². The molecule has 0 aromatic heterocycles. The van der Waals surface area contributed by atoms with Crippen molar-refractivity contribution in [3.05, 3.63) is 54.1 Å². The zero-order valence-electron chi connectivity index (χ0n) is 11.8. The van der Waals surface area contributed by atoms with E-state index in [1.807, 2.05) is 37.3 Å². The van der Waals surface area contributed by atoms with Crippen molar-refractivity contribution in [1.82, 2.24) is 5.32 Å². The number of likely N-dealkylation sites (N-methyl/N-ethyl adjacent to an activating group) is 1. The van der Waals surface area contributed by atoms with Crippen LogP contribution in [0.5, 0.6) is 5.75 Å². The average molecular weight is 269 g/mol. The van der Waals surface area contributed by atoms with Crippen LogP contribution in [0.25, 0.3) is 11.1 Å². The van der Waals surface area contributed by atoms with E-state index in [0.29, 0.717) is 12.3 Å². The number of aryl methyl sites for hydroxylation is 1. The van der Waals surface area contributed by atoms with E-state index >= 15 is 0 Å². The largest absolute Gasteiger partial charge is 0.484 e. The number of carbonyl (C=O) groups excluding carboxylic acids is 1. The predicted molar refractivity (Wildman–Crippen MR) is 80.8 cm³/mol. The van der Waals surface area contributed by atoms with E-state index in [0.717, 1.165) is 11.1 Å². The lowest BCUT2D eigenvalue weighted by Crippen LogP contribution is -2.28. The summed E-state index contributed by atoms with van der Waals surface area (Å²) < 4.78 is 5.50. The quantitative estimate of drug-likeness (QED) is 0.905. The van der Waals surface area contributed by atoms with E-state index in [2.05, 4.69) is 30.4 Å². The van der Waals surface area contributed by atoms with Crippen molar-refractivity contribution >= 4 is 5.91 Å². The van der Waals surface area contributed by atoms with Gasteiger partial charge in [0, 0.05) is 6.54 Å². The van der Waals surface area contributed by atoms with E-state index in [1.54, 1.807) is 0 Å². The summed E-state index contributed by atoms with van der Waals surface area (Å²) in [4.78, 5) is 11.4. The van der Waals surface area contributed by atoms with E-state index < -0.39 is 0 Å². The molecule has 0 spiro atoms. The van der Waals surface area contributed by atoms with Crippen molar-refractivity contribution in [3.63, 3.8) is 0 Å². The maximum absolute atomic E-state index is 11.4. The normalized spacial score (nSPS) is 10.1. The van der Waals surface area contributed by atoms with Crippen LogP contribution in [0, 0.1) is 6.92 Å². The van der Waals surface area contributed by atoms with Crippen molar-refractivity contribution in [2.75, 3.05) is 13.2 Å². The van der Waals surface area contributed by atoms with Gasteiger partial charge in [0.1, 0.15) is 5.75 Å². The molecule has 0 atom stereocenters. The summed E-state index contributed by atoms with van der Waals surface area (Å²) >= 11 is 0. The molecule has 0 unspecified atom stereocenters. The second-order valence-electron chi connectivity index (χ2n) is 4.64. The molecular weight excluding hydrogens is 250 g/mol. The van der Waals surface area contributed by atoms with Crippen LogP contribution in [0.4, 0.5) is 0 Å². The molecule has 2 aromatic rings. The molecule has 0 heterocycles. The first-order chi connectivity index (χ1) is 9.69. The number of carbonyl (C=O) groups is 1. The Morgan fingerprint density at radius 1 is 1.10 bits per heavy atom. The van der Waals surface area contributed by atoms with Gasteiger partial charge in [-0.2, -0.15) is 0 Å². The molecule has 0 aliphatic carbocycles. The summed E-state index contributed by atoms with van der Waals surface area (Å²) in [6.07, 6.45) is 0. The second-order valence-corrected chi connectivity index (χ2v) is 4.64. The summed E-state index contributed by atoms with van der Waals surface area (Å²) in [6, 6.07) is 16.1. The first-order valence-corrected chi connectivity index (χ1v) is 6.75.